The fourth-order valence-electron chi connectivity index (χ4n) is 2.41. The van der Waals surface area contributed by atoms with Crippen LogP contribution >= 0.6 is 0 Å². The second-order valence-electron chi connectivity index (χ2n) is 5.67. The Balaban J connectivity index is 2.72. The molecule has 1 aliphatic heterocycles. The number of hydrogen-bond acceptors (Lipinski definition) is 3. The Bertz CT molecular complexity index is 414. The minimum Gasteiger partial charge on any atom is -0.481 e. The molecule has 0 aromatic rings. The Hall–Kier alpha value is -1.51. The summed E-state index contributed by atoms with van der Waals surface area (Å²) in [4.78, 5) is 25.7. The van der Waals surface area contributed by atoms with Crippen molar-refractivity contribution in [2.45, 2.75) is 25.6 Å². The minimum absolute atomic E-state index is 0.230. The molecule has 9 heteroatoms. The summed E-state index contributed by atoms with van der Waals surface area (Å²) in [6.07, 6.45) is -5.51. The average Bonchev–Trinajstić information content (AvgIpc) is 2.72. The van der Waals surface area contributed by atoms with Crippen LogP contribution in [0.3, 0.4) is 0 Å². The third-order valence-corrected chi connectivity index (χ3v) is 3.52. The molecule has 0 spiro atoms. The molecular weight excluding hydrogens is 291 g/mol. The Kier molecular flexibility index (Phi) is 5.08. The van der Waals surface area contributed by atoms with Gasteiger partial charge in [0.15, 0.2) is 5.41 Å². The van der Waals surface area contributed by atoms with E-state index in [0.29, 0.717) is 6.54 Å². The highest BCUT2D eigenvalue weighted by Crippen LogP contribution is 2.45. The fourth-order valence-corrected chi connectivity index (χ4v) is 2.41. The molecule has 0 aliphatic carbocycles. The zero-order chi connectivity index (χ0) is 16.4. The van der Waals surface area contributed by atoms with Crippen molar-refractivity contribution < 1.29 is 27.9 Å². The van der Waals surface area contributed by atoms with Gasteiger partial charge in [-0.05, 0) is 27.4 Å². The number of rotatable bonds is 4. The maximum absolute atomic E-state index is 13.0. The van der Waals surface area contributed by atoms with Gasteiger partial charge in [-0.15, -0.1) is 0 Å². The van der Waals surface area contributed by atoms with Crippen molar-refractivity contribution in [3.8, 4) is 0 Å². The van der Waals surface area contributed by atoms with Crippen molar-refractivity contribution in [2.24, 2.45) is 5.41 Å². The summed E-state index contributed by atoms with van der Waals surface area (Å²) in [5.74, 6) is -1.94. The highest BCUT2D eigenvalue weighted by molar-refractivity contribution is 5.80. The Labute approximate surface area is 120 Å². The van der Waals surface area contributed by atoms with E-state index in [9.17, 15) is 22.8 Å². The van der Waals surface area contributed by atoms with Crippen molar-refractivity contribution >= 4 is 12.0 Å². The lowest BCUT2D eigenvalue weighted by Gasteiger charge is -2.28. The molecular formula is C12H20F3N3O3. The first-order valence-corrected chi connectivity index (χ1v) is 6.50. The first kappa shape index (κ1) is 17.5. The fraction of sp³-hybridized carbons (Fsp3) is 0.833. The number of nitrogens with one attached hydrogen (secondary N) is 1. The number of urea groups is 1. The molecule has 1 rings (SSSR count). The summed E-state index contributed by atoms with van der Waals surface area (Å²) >= 11 is 0. The zero-order valence-electron chi connectivity index (χ0n) is 12.2. The predicted molar refractivity (Wildman–Crippen MR) is 68.9 cm³/mol. The third-order valence-electron chi connectivity index (χ3n) is 3.52. The molecule has 0 radical (unpaired) electrons. The molecule has 1 heterocycles. The van der Waals surface area contributed by atoms with Gasteiger partial charge in [0.1, 0.15) is 0 Å². The van der Waals surface area contributed by atoms with E-state index >= 15 is 0 Å². The molecule has 0 bridgehead atoms. The topological polar surface area (TPSA) is 72.9 Å². The molecule has 2 N–H and O–H groups in total. The van der Waals surface area contributed by atoms with E-state index in [2.05, 4.69) is 5.32 Å². The van der Waals surface area contributed by atoms with Crippen LogP contribution in [0.25, 0.3) is 0 Å². The number of alkyl halides is 3. The SMILES string of the molecule is CC(CN(C)C)NC(=O)N1CCC(C(=O)O)(C(F)(F)F)C1. The first-order valence-electron chi connectivity index (χ1n) is 6.50. The van der Waals surface area contributed by atoms with Gasteiger partial charge in [-0.25, -0.2) is 4.79 Å². The molecule has 122 valence electrons. The van der Waals surface area contributed by atoms with Crippen molar-refractivity contribution in [3.05, 3.63) is 0 Å². The zero-order valence-corrected chi connectivity index (χ0v) is 12.2. The van der Waals surface area contributed by atoms with Crippen LogP contribution in [0.4, 0.5) is 18.0 Å². The smallest absolute Gasteiger partial charge is 0.406 e. The molecule has 21 heavy (non-hydrogen) atoms. The van der Waals surface area contributed by atoms with Gasteiger partial charge in [0, 0.05) is 25.7 Å². The molecule has 0 saturated carbocycles. The van der Waals surface area contributed by atoms with Crippen LogP contribution in [0, 0.1) is 5.41 Å². The highest BCUT2D eigenvalue weighted by atomic mass is 19.4. The molecule has 2 unspecified atom stereocenters. The number of aliphatic carboxylic acids is 1. The van der Waals surface area contributed by atoms with Crippen LogP contribution in [-0.2, 0) is 4.79 Å². The molecule has 2 atom stereocenters. The van der Waals surface area contributed by atoms with Crippen LogP contribution in [-0.4, -0.2) is 72.9 Å². The van der Waals surface area contributed by atoms with Crippen LogP contribution in [0.2, 0.25) is 0 Å². The number of carbonyl (C=O) groups is 2. The third kappa shape index (κ3) is 3.78. The standard InChI is InChI=1S/C12H20F3N3O3/c1-8(6-17(2)3)16-10(21)18-5-4-11(7-18,9(19)20)12(13,14)15/h8H,4-7H2,1-3H3,(H,16,21)(H,19,20). The predicted octanol–water partition coefficient (Wildman–Crippen LogP) is 0.985. The Morgan fingerprint density at radius 3 is 2.38 bits per heavy atom. The summed E-state index contributed by atoms with van der Waals surface area (Å²) in [6, 6.07) is -0.921. The molecule has 6 nitrogen and oxygen atoms in total. The number of hydrogen-bond donors (Lipinski definition) is 2. The summed E-state index contributed by atoms with van der Waals surface area (Å²) < 4.78 is 39.0. The number of likely N-dealkylation sites (N-methyl/N-ethyl adjacent to an activating group) is 1. The maximum atomic E-state index is 13.0. The van der Waals surface area contributed by atoms with E-state index in [1.54, 1.807) is 21.0 Å². The lowest BCUT2D eigenvalue weighted by molar-refractivity contribution is -0.226. The largest absolute Gasteiger partial charge is 0.481 e. The van der Waals surface area contributed by atoms with Gasteiger partial charge in [0.05, 0.1) is 0 Å². The molecule has 1 aliphatic rings. The Morgan fingerprint density at radius 1 is 1.43 bits per heavy atom. The Morgan fingerprint density at radius 2 is 2.00 bits per heavy atom. The second-order valence-corrected chi connectivity index (χ2v) is 5.67. The normalized spacial score (nSPS) is 24.2. The quantitative estimate of drug-likeness (QED) is 0.812. The number of likely N-dealkylation sites (tertiary alicyclic amines) is 1. The van der Waals surface area contributed by atoms with Gasteiger partial charge in [0.2, 0.25) is 0 Å². The summed E-state index contributed by atoms with van der Waals surface area (Å²) in [6.45, 7) is 1.17. The van der Waals surface area contributed by atoms with E-state index in [1.807, 2.05) is 4.90 Å². The summed E-state index contributed by atoms with van der Waals surface area (Å²) in [5, 5.41) is 11.5. The second kappa shape index (κ2) is 6.08. The number of carboxylic acids is 1. The number of nitrogens with zero attached hydrogens (tertiary/aromatic N) is 2. The summed E-state index contributed by atoms with van der Waals surface area (Å²) in [7, 11) is 3.61. The van der Waals surface area contributed by atoms with Gasteiger partial charge in [0.25, 0.3) is 0 Å². The molecule has 1 fully saturated rings. The number of halogens is 3. The monoisotopic (exact) mass is 311 g/mol. The van der Waals surface area contributed by atoms with Gasteiger partial charge in [-0.2, -0.15) is 13.2 Å². The molecule has 1 saturated heterocycles. The van der Waals surface area contributed by atoms with Crippen molar-refractivity contribution in [2.75, 3.05) is 33.7 Å². The van der Waals surface area contributed by atoms with Crippen LogP contribution in [0.5, 0.6) is 0 Å². The van der Waals surface area contributed by atoms with Crippen molar-refractivity contribution in [1.82, 2.24) is 15.1 Å². The van der Waals surface area contributed by atoms with Crippen LogP contribution in [0.1, 0.15) is 13.3 Å². The first-order chi connectivity index (χ1) is 9.49. The van der Waals surface area contributed by atoms with E-state index in [1.165, 1.54) is 0 Å². The molecule has 0 aromatic heterocycles. The number of amides is 2. The molecule has 2 amide bonds. The lowest BCUT2D eigenvalue weighted by Crippen LogP contribution is -2.50. The summed E-state index contributed by atoms with van der Waals surface area (Å²) in [5.41, 5.74) is -2.87. The van der Waals surface area contributed by atoms with Gasteiger partial charge >= 0.3 is 18.2 Å². The van der Waals surface area contributed by atoms with Gasteiger partial charge < -0.3 is 20.2 Å². The average molecular weight is 311 g/mol. The van der Waals surface area contributed by atoms with E-state index < -0.39 is 36.6 Å². The van der Waals surface area contributed by atoms with Gasteiger partial charge in [-0.3, -0.25) is 4.79 Å². The molecule has 0 aromatic carbocycles. The van der Waals surface area contributed by atoms with E-state index in [0.717, 1.165) is 4.90 Å². The van der Waals surface area contributed by atoms with Crippen LogP contribution < -0.4 is 5.32 Å². The minimum atomic E-state index is -4.89. The number of carbonyl (C=O) groups excluding carboxylic acids is 1. The highest BCUT2D eigenvalue weighted by Gasteiger charge is 2.64. The van der Waals surface area contributed by atoms with Crippen molar-refractivity contribution in [3.63, 3.8) is 0 Å². The van der Waals surface area contributed by atoms with E-state index in [4.69, 9.17) is 5.11 Å². The lowest BCUT2D eigenvalue weighted by atomic mass is 9.86. The number of carboxylic acid groups (broad SMARTS) is 1. The van der Waals surface area contributed by atoms with Crippen molar-refractivity contribution in [1.29, 1.82) is 0 Å². The maximum Gasteiger partial charge on any atom is 0.406 e. The van der Waals surface area contributed by atoms with Gasteiger partial charge in [-0.1, -0.05) is 0 Å². The van der Waals surface area contributed by atoms with E-state index in [-0.39, 0.29) is 12.6 Å². The van der Waals surface area contributed by atoms with Crippen LogP contribution in [0.15, 0.2) is 0 Å².